The maximum atomic E-state index is 12.2. The zero-order valence-corrected chi connectivity index (χ0v) is 9.13. The van der Waals surface area contributed by atoms with Crippen molar-refractivity contribution in [3.8, 4) is 0 Å². The number of nitrogens with zero attached hydrogens (tertiary/aromatic N) is 2. The van der Waals surface area contributed by atoms with Gasteiger partial charge in [0.05, 0.1) is 0 Å². The standard InChI is InChI=1S/C8H13FN2.C2H6/c1-8(2,3)7-4-5-10-11(7)6-9;1-2/h4-5H,6H2,1-3H3;1-2H3. The van der Waals surface area contributed by atoms with E-state index < -0.39 is 6.80 Å². The van der Waals surface area contributed by atoms with Crippen LogP contribution in [-0.2, 0) is 12.2 Å². The van der Waals surface area contributed by atoms with E-state index in [1.54, 1.807) is 6.20 Å². The Bertz CT molecular complexity index is 235. The lowest BCUT2D eigenvalue weighted by Crippen LogP contribution is -2.17. The van der Waals surface area contributed by atoms with Gasteiger partial charge in [-0.2, -0.15) is 5.10 Å². The molecule has 1 aromatic heterocycles. The molecule has 0 saturated heterocycles. The SMILES string of the molecule is CC.CC(C)(C)c1ccnn1CF. The topological polar surface area (TPSA) is 17.8 Å². The second-order valence-electron chi connectivity index (χ2n) is 3.59. The van der Waals surface area contributed by atoms with Gasteiger partial charge in [-0.15, -0.1) is 0 Å². The first kappa shape index (κ1) is 12.1. The lowest BCUT2D eigenvalue weighted by atomic mass is 9.92. The maximum Gasteiger partial charge on any atom is 0.181 e. The lowest BCUT2D eigenvalue weighted by Gasteiger charge is -2.18. The Balaban J connectivity index is 0.000000671. The minimum Gasteiger partial charge on any atom is -0.238 e. The average Bonchev–Trinajstić information content (AvgIpc) is 2.54. The second-order valence-corrected chi connectivity index (χ2v) is 3.59. The summed E-state index contributed by atoms with van der Waals surface area (Å²) in [7, 11) is 0. The highest BCUT2D eigenvalue weighted by Gasteiger charge is 2.17. The van der Waals surface area contributed by atoms with Gasteiger partial charge in [-0.3, -0.25) is 0 Å². The van der Waals surface area contributed by atoms with E-state index in [0.717, 1.165) is 5.69 Å². The van der Waals surface area contributed by atoms with E-state index >= 15 is 0 Å². The van der Waals surface area contributed by atoms with Crippen molar-refractivity contribution in [2.75, 3.05) is 0 Å². The summed E-state index contributed by atoms with van der Waals surface area (Å²) >= 11 is 0. The third-order valence-electron chi connectivity index (χ3n) is 1.60. The molecule has 1 heterocycles. The maximum absolute atomic E-state index is 12.2. The van der Waals surface area contributed by atoms with Crippen LogP contribution in [0.5, 0.6) is 0 Å². The summed E-state index contributed by atoms with van der Waals surface area (Å²) in [6.07, 6.45) is 1.63. The fourth-order valence-corrected chi connectivity index (χ4v) is 1.07. The number of halogens is 1. The molecule has 0 radical (unpaired) electrons. The van der Waals surface area contributed by atoms with Crippen molar-refractivity contribution in [3.63, 3.8) is 0 Å². The fourth-order valence-electron chi connectivity index (χ4n) is 1.07. The minimum atomic E-state index is -0.542. The molecule has 0 aliphatic rings. The van der Waals surface area contributed by atoms with Crippen LogP contribution in [0.2, 0.25) is 0 Å². The van der Waals surface area contributed by atoms with Gasteiger partial charge in [0.2, 0.25) is 0 Å². The van der Waals surface area contributed by atoms with E-state index in [4.69, 9.17) is 0 Å². The number of alkyl halides is 1. The van der Waals surface area contributed by atoms with Crippen LogP contribution in [0, 0.1) is 0 Å². The van der Waals surface area contributed by atoms with Gasteiger partial charge in [0.25, 0.3) is 0 Å². The molecule has 13 heavy (non-hydrogen) atoms. The summed E-state index contributed by atoms with van der Waals surface area (Å²) in [5.41, 5.74) is 0.905. The first-order chi connectivity index (χ1) is 6.05. The predicted octanol–water partition coefficient (Wildman–Crippen LogP) is 3.13. The van der Waals surface area contributed by atoms with Crippen LogP contribution in [0.25, 0.3) is 0 Å². The Hall–Kier alpha value is -0.860. The van der Waals surface area contributed by atoms with Crippen LogP contribution in [0.15, 0.2) is 12.3 Å². The number of aromatic nitrogens is 2. The summed E-state index contributed by atoms with van der Waals surface area (Å²) < 4.78 is 13.6. The fraction of sp³-hybridized carbons (Fsp3) is 0.700. The third-order valence-corrected chi connectivity index (χ3v) is 1.60. The molecule has 0 unspecified atom stereocenters. The highest BCUT2D eigenvalue weighted by atomic mass is 19.1. The Morgan fingerprint density at radius 2 is 1.92 bits per heavy atom. The smallest absolute Gasteiger partial charge is 0.181 e. The summed E-state index contributed by atoms with van der Waals surface area (Å²) in [6, 6.07) is 1.85. The molecule has 0 aliphatic heterocycles. The van der Waals surface area contributed by atoms with Gasteiger partial charge in [-0.05, 0) is 6.07 Å². The van der Waals surface area contributed by atoms with E-state index in [-0.39, 0.29) is 5.41 Å². The molecule has 0 fully saturated rings. The van der Waals surface area contributed by atoms with Crippen molar-refractivity contribution in [1.29, 1.82) is 0 Å². The predicted molar refractivity (Wildman–Crippen MR) is 53.4 cm³/mol. The third kappa shape index (κ3) is 3.17. The zero-order valence-electron chi connectivity index (χ0n) is 9.13. The second kappa shape index (κ2) is 5.00. The van der Waals surface area contributed by atoms with E-state index in [1.807, 2.05) is 40.7 Å². The Labute approximate surface area is 79.8 Å². The van der Waals surface area contributed by atoms with Crippen molar-refractivity contribution in [2.45, 2.75) is 46.8 Å². The molecular formula is C10H19FN2. The molecular weight excluding hydrogens is 167 g/mol. The Kier molecular flexibility index (Phi) is 4.67. The van der Waals surface area contributed by atoms with Gasteiger partial charge in [0, 0.05) is 17.3 Å². The molecule has 0 aliphatic carbocycles. The molecule has 3 heteroatoms. The normalized spacial score (nSPS) is 10.6. The van der Waals surface area contributed by atoms with Crippen LogP contribution in [-0.4, -0.2) is 9.78 Å². The molecule has 76 valence electrons. The van der Waals surface area contributed by atoms with Crippen molar-refractivity contribution >= 4 is 0 Å². The number of hydrogen-bond donors (Lipinski definition) is 0. The lowest BCUT2D eigenvalue weighted by molar-refractivity contribution is 0.326. The zero-order chi connectivity index (χ0) is 10.5. The molecule has 0 spiro atoms. The average molecular weight is 186 g/mol. The molecule has 0 bridgehead atoms. The van der Waals surface area contributed by atoms with Crippen LogP contribution in [0.1, 0.15) is 40.3 Å². The Morgan fingerprint density at radius 3 is 2.23 bits per heavy atom. The molecule has 0 saturated carbocycles. The van der Waals surface area contributed by atoms with Crippen molar-refractivity contribution in [1.82, 2.24) is 9.78 Å². The summed E-state index contributed by atoms with van der Waals surface area (Å²) in [5.74, 6) is 0. The van der Waals surface area contributed by atoms with E-state index in [1.165, 1.54) is 4.68 Å². The minimum absolute atomic E-state index is 0.0252. The highest BCUT2D eigenvalue weighted by molar-refractivity contribution is 5.11. The van der Waals surface area contributed by atoms with Gasteiger partial charge in [-0.1, -0.05) is 34.6 Å². The highest BCUT2D eigenvalue weighted by Crippen LogP contribution is 2.21. The van der Waals surface area contributed by atoms with Gasteiger partial charge in [0.15, 0.2) is 6.80 Å². The number of rotatable bonds is 1. The number of hydrogen-bond acceptors (Lipinski definition) is 1. The summed E-state index contributed by atoms with van der Waals surface area (Å²) in [5, 5.41) is 3.84. The summed E-state index contributed by atoms with van der Waals surface area (Å²) in [4.78, 5) is 0. The molecule has 0 atom stereocenters. The van der Waals surface area contributed by atoms with Crippen LogP contribution < -0.4 is 0 Å². The van der Waals surface area contributed by atoms with Crippen molar-refractivity contribution in [2.24, 2.45) is 0 Å². The van der Waals surface area contributed by atoms with Gasteiger partial charge in [0.1, 0.15) is 0 Å². The van der Waals surface area contributed by atoms with Crippen LogP contribution >= 0.6 is 0 Å². The van der Waals surface area contributed by atoms with Crippen molar-refractivity contribution in [3.05, 3.63) is 18.0 Å². The van der Waals surface area contributed by atoms with E-state index in [0.29, 0.717) is 0 Å². The quantitative estimate of drug-likeness (QED) is 0.659. The molecule has 0 N–H and O–H groups in total. The first-order valence-electron chi connectivity index (χ1n) is 4.64. The monoisotopic (exact) mass is 186 g/mol. The van der Waals surface area contributed by atoms with Crippen LogP contribution in [0.4, 0.5) is 4.39 Å². The molecule has 1 rings (SSSR count). The summed E-state index contributed by atoms with van der Waals surface area (Å²) in [6.45, 7) is 9.57. The largest absolute Gasteiger partial charge is 0.238 e. The van der Waals surface area contributed by atoms with Gasteiger partial charge in [-0.25, -0.2) is 9.07 Å². The van der Waals surface area contributed by atoms with Gasteiger partial charge < -0.3 is 0 Å². The molecule has 2 nitrogen and oxygen atoms in total. The Morgan fingerprint density at radius 1 is 1.38 bits per heavy atom. The molecule has 0 aromatic carbocycles. The van der Waals surface area contributed by atoms with E-state index in [9.17, 15) is 4.39 Å². The molecule has 0 amide bonds. The van der Waals surface area contributed by atoms with Gasteiger partial charge >= 0.3 is 0 Å². The van der Waals surface area contributed by atoms with Crippen molar-refractivity contribution < 1.29 is 4.39 Å². The molecule has 1 aromatic rings. The van der Waals surface area contributed by atoms with E-state index in [2.05, 4.69) is 5.10 Å². The first-order valence-corrected chi connectivity index (χ1v) is 4.64. The van der Waals surface area contributed by atoms with Crippen LogP contribution in [0.3, 0.4) is 0 Å².